The minimum atomic E-state index is -1.53. The van der Waals surface area contributed by atoms with E-state index in [-0.39, 0.29) is 0 Å². The van der Waals surface area contributed by atoms with Crippen molar-refractivity contribution >= 4 is 15.7 Å². The number of hydrogen-bond acceptors (Lipinski definition) is 7. The van der Waals surface area contributed by atoms with Crippen molar-refractivity contribution in [2.75, 3.05) is 20.8 Å². The maximum absolute atomic E-state index is 10.6. The quantitative estimate of drug-likeness (QED) is 0.467. The van der Waals surface area contributed by atoms with Crippen LogP contribution in [0, 0.1) is 0 Å². The minimum absolute atomic E-state index is 0.308. The van der Waals surface area contributed by atoms with Crippen molar-refractivity contribution in [3.05, 3.63) is 58.1 Å². The summed E-state index contributed by atoms with van der Waals surface area (Å²) in [5.74, 6) is 0.686. The molecule has 9 heteroatoms. The van der Waals surface area contributed by atoms with E-state index in [1.807, 2.05) is 18.2 Å². The summed E-state index contributed by atoms with van der Waals surface area (Å²) in [7, 11) is 16.2. The van der Waals surface area contributed by atoms with Crippen LogP contribution in [0.15, 0.2) is 30.3 Å². The monoisotopic (exact) mass is 436 g/mol. The molecule has 166 valence electrons. The number of methoxy groups -OCH3 is 2. The van der Waals surface area contributed by atoms with Gasteiger partial charge >= 0.3 is 0 Å². The van der Waals surface area contributed by atoms with Crippen LogP contribution < -0.4 is 9.47 Å². The molecule has 2 aromatic rings. The number of ether oxygens (including phenoxy) is 3. The molecule has 2 aromatic carbocycles. The van der Waals surface area contributed by atoms with E-state index in [9.17, 15) is 20.4 Å². The Hall–Kier alpha value is -2.03. The first-order valence-corrected chi connectivity index (χ1v) is 10.5. The molecule has 1 aliphatic heterocycles. The maximum atomic E-state index is 10.6. The first-order valence-electron chi connectivity index (χ1n) is 10.5. The molecule has 4 rings (SSSR count). The summed E-state index contributed by atoms with van der Waals surface area (Å²) in [6, 6.07) is 9.08. The second kappa shape index (κ2) is 8.72. The van der Waals surface area contributed by atoms with Crippen LogP contribution in [0.5, 0.6) is 11.5 Å². The number of hydrogen-bond donors (Lipinski definition) is 4. The van der Waals surface area contributed by atoms with Gasteiger partial charge in [-0.3, -0.25) is 0 Å². The van der Waals surface area contributed by atoms with E-state index < -0.39 is 42.3 Å². The molecule has 1 heterocycles. The molecule has 0 unspecified atom stereocenters. The fourth-order valence-electron chi connectivity index (χ4n) is 4.44. The molecule has 0 amide bonds. The highest BCUT2D eigenvalue weighted by atomic mass is 16.5. The van der Waals surface area contributed by atoms with Gasteiger partial charge in [0.2, 0.25) is 0 Å². The van der Waals surface area contributed by atoms with Gasteiger partial charge in [0.15, 0.2) is 0 Å². The second-order valence-corrected chi connectivity index (χ2v) is 8.40. The zero-order chi connectivity index (χ0) is 23.2. The first kappa shape index (κ1) is 23.1. The number of aliphatic hydroxyl groups excluding tert-OH is 4. The Kier molecular flexibility index (Phi) is 6.31. The number of benzene rings is 2. The summed E-state index contributed by atoms with van der Waals surface area (Å²) in [5.41, 5.74) is 3.94. The van der Waals surface area contributed by atoms with Gasteiger partial charge in [0.1, 0.15) is 42.0 Å². The number of aryl methyl sites for hydroxylation is 2. The lowest BCUT2D eigenvalue weighted by Gasteiger charge is -2.41. The average molecular weight is 436 g/mol. The SMILES string of the molecule is [B]C([B])(c1ccc2c(c1)CC2)c1cc([C@@H]2O[C@H](CO)[C@@H](O)[C@H](O)[C@H]2O)c(OC)cc1OC. The van der Waals surface area contributed by atoms with Gasteiger partial charge in [-0.25, -0.2) is 0 Å². The molecular formula is C23H26B2O7. The van der Waals surface area contributed by atoms with Crippen molar-refractivity contribution in [1.82, 2.24) is 0 Å². The van der Waals surface area contributed by atoms with E-state index >= 15 is 0 Å². The van der Waals surface area contributed by atoms with E-state index in [0.29, 0.717) is 28.2 Å². The van der Waals surface area contributed by atoms with Gasteiger partial charge in [0.05, 0.1) is 36.5 Å². The normalized spacial score (nSPS) is 27.4. The van der Waals surface area contributed by atoms with Crippen LogP contribution >= 0.6 is 0 Å². The molecule has 0 saturated carbocycles. The second-order valence-electron chi connectivity index (χ2n) is 8.40. The van der Waals surface area contributed by atoms with Crippen molar-refractivity contribution in [1.29, 1.82) is 0 Å². The summed E-state index contributed by atoms with van der Waals surface area (Å²) in [5, 5.41) is 39.1. The molecule has 4 radical (unpaired) electrons. The number of fused-ring (bicyclic) bond motifs is 1. The van der Waals surface area contributed by atoms with Crippen LogP contribution in [0.2, 0.25) is 0 Å². The van der Waals surface area contributed by atoms with Gasteiger partial charge in [-0.2, -0.15) is 0 Å². The van der Waals surface area contributed by atoms with Crippen molar-refractivity contribution in [3.63, 3.8) is 0 Å². The van der Waals surface area contributed by atoms with E-state index in [1.165, 1.54) is 25.3 Å². The summed E-state index contributed by atoms with van der Waals surface area (Å²) in [6.45, 7) is -0.542. The summed E-state index contributed by atoms with van der Waals surface area (Å²) in [4.78, 5) is 0. The minimum Gasteiger partial charge on any atom is -0.496 e. The third kappa shape index (κ3) is 3.72. The molecule has 32 heavy (non-hydrogen) atoms. The van der Waals surface area contributed by atoms with Gasteiger partial charge in [-0.1, -0.05) is 23.8 Å². The number of aliphatic hydroxyl groups is 4. The Balaban J connectivity index is 1.82. The average Bonchev–Trinajstić information content (AvgIpc) is 2.77. The van der Waals surface area contributed by atoms with Crippen LogP contribution in [0.4, 0.5) is 0 Å². The third-order valence-electron chi connectivity index (χ3n) is 6.54. The zero-order valence-corrected chi connectivity index (χ0v) is 18.1. The lowest BCUT2D eigenvalue weighted by atomic mass is 9.47. The molecule has 2 aliphatic rings. The Morgan fingerprint density at radius 2 is 1.62 bits per heavy atom. The van der Waals surface area contributed by atoms with Crippen molar-refractivity contribution < 1.29 is 34.6 Å². The highest BCUT2D eigenvalue weighted by Crippen LogP contribution is 2.44. The van der Waals surface area contributed by atoms with Crippen LogP contribution in [-0.4, -0.2) is 81.4 Å². The summed E-state index contributed by atoms with van der Waals surface area (Å²) < 4.78 is 16.8. The molecule has 0 bridgehead atoms. The van der Waals surface area contributed by atoms with E-state index in [1.54, 1.807) is 12.1 Å². The van der Waals surface area contributed by atoms with E-state index in [4.69, 9.17) is 29.9 Å². The molecule has 0 spiro atoms. The van der Waals surface area contributed by atoms with Crippen molar-refractivity contribution in [3.8, 4) is 11.5 Å². The highest BCUT2D eigenvalue weighted by Gasteiger charge is 2.45. The topological polar surface area (TPSA) is 109 Å². The lowest BCUT2D eigenvalue weighted by molar-refractivity contribution is -0.232. The molecule has 1 saturated heterocycles. The van der Waals surface area contributed by atoms with Gasteiger partial charge < -0.3 is 34.6 Å². The van der Waals surface area contributed by atoms with Gasteiger partial charge in [-0.05, 0) is 40.8 Å². The molecule has 1 aliphatic carbocycles. The molecule has 0 aromatic heterocycles. The predicted octanol–water partition coefficient (Wildman–Crippen LogP) is -0.145. The van der Waals surface area contributed by atoms with Gasteiger partial charge in [0, 0.05) is 11.6 Å². The largest absolute Gasteiger partial charge is 0.496 e. The third-order valence-corrected chi connectivity index (χ3v) is 6.54. The molecule has 7 nitrogen and oxygen atoms in total. The van der Waals surface area contributed by atoms with Crippen LogP contribution in [0.25, 0.3) is 0 Å². The molecule has 1 fully saturated rings. The van der Waals surface area contributed by atoms with Crippen molar-refractivity contribution in [2.45, 2.75) is 48.6 Å². The highest BCUT2D eigenvalue weighted by molar-refractivity contribution is 6.42. The Morgan fingerprint density at radius 1 is 0.938 bits per heavy atom. The maximum Gasteiger partial charge on any atom is 0.128 e. The van der Waals surface area contributed by atoms with Crippen molar-refractivity contribution in [2.24, 2.45) is 0 Å². The summed E-state index contributed by atoms with van der Waals surface area (Å²) >= 11 is 0. The van der Waals surface area contributed by atoms with Crippen LogP contribution in [0.3, 0.4) is 0 Å². The Bertz CT molecular complexity index is 995. The fraction of sp³-hybridized carbons (Fsp3) is 0.478. The number of rotatable bonds is 6. The predicted molar refractivity (Wildman–Crippen MR) is 118 cm³/mol. The zero-order valence-electron chi connectivity index (χ0n) is 18.1. The van der Waals surface area contributed by atoms with E-state index in [2.05, 4.69) is 0 Å². The molecule has 5 atom stereocenters. The van der Waals surface area contributed by atoms with Crippen LogP contribution in [-0.2, 0) is 22.8 Å². The fourth-order valence-corrected chi connectivity index (χ4v) is 4.44. The molecular weight excluding hydrogens is 410 g/mol. The van der Waals surface area contributed by atoms with Crippen LogP contribution in [0.1, 0.15) is 33.9 Å². The lowest BCUT2D eigenvalue weighted by Crippen LogP contribution is -2.55. The smallest absolute Gasteiger partial charge is 0.128 e. The van der Waals surface area contributed by atoms with Gasteiger partial charge in [0.25, 0.3) is 0 Å². The Morgan fingerprint density at radius 3 is 2.19 bits per heavy atom. The first-order chi connectivity index (χ1) is 15.2. The Labute approximate surface area is 189 Å². The standard InChI is InChI=1S/C23H26B2O7/c1-30-16-9-17(31-2)15(23(24,25)13-6-5-11-3-4-12(11)7-13)8-14(16)22-21(29)20(28)19(27)18(10-26)32-22/h5-9,18-22,26-29H,3-4,10H2,1-2H3/t18-,19-,20+,21-,22+/m1/s1. The van der Waals surface area contributed by atoms with E-state index in [0.717, 1.165) is 12.8 Å². The van der Waals surface area contributed by atoms with Gasteiger partial charge in [-0.15, -0.1) is 0 Å². The molecule has 4 N–H and O–H groups in total. The summed E-state index contributed by atoms with van der Waals surface area (Å²) in [6.07, 6.45) is -4.67.